The Labute approximate surface area is 142 Å². The number of benzene rings is 1. The molecule has 122 valence electrons. The maximum Gasteiger partial charge on any atom is 0.317 e. The van der Waals surface area contributed by atoms with Gasteiger partial charge in [-0.25, -0.2) is 4.79 Å². The Kier molecular flexibility index (Phi) is 5.95. The smallest absolute Gasteiger partial charge is 0.317 e. The van der Waals surface area contributed by atoms with Crippen LogP contribution in [-0.4, -0.2) is 49.6 Å². The lowest BCUT2D eigenvalue weighted by molar-refractivity contribution is 0.202. The fourth-order valence-electron chi connectivity index (χ4n) is 2.89. The Hall–Kier alpha value is -0.970. The first kappa shape index (κ1) is 17.4. The number of carbonyl (C=O) groups excluding carboxylic acids is 1. The summed E-state index contributed by atoms with van der Waals surface area (Å²) < 4.78 is 0. The molecule has 0 unspecified atom stereocenters. The zero-order valence-corrected chi connectivity index (χ0v) is 14.8. The van der Waals surface area contributed by atoms with Crippen molar-refractivity contribution in [3.8, 4) is 0 Å². The Morgan fingerprint density at radius 3 is 2.82 bits per heavy atom. The number of likely N-dealkylation sites (tertiary alicyclic amines) is 1. The molecule has 0 aromatic heterocycles. The van der Waals surface area contributed by atoms with E-state index in [0.717, 1.165) is 31.6 Å². The van der Waals surface area contributed by atoms with Gasteiger partial charge in [0.1, 0.15) is 0 Å². The van der Waals surface area contributed by atoms with Crippen LogP contribution in [0.2, 0.25) is 10.0 Å². The summed E-state index contributed by atoms with van der Waals surface area (Å²) in [5.74, 6) is 0.551. The van der Waals surface area contributed by atoms with E-state index in [1.54, 1.807) is 12.1 Å². The first-order chi connectivity index (χ1) is 10.4. The van der Waals surface area contributed by atoms with Gasteiger partial charge in [-0.05, 0) is 51.1 Å². The van der Waals surface area contributed by atoms with Crippen LogP contribution < -0.4 is 5.32 Å². The van der Waals surface area contributed by atoms with Crippen molar-refractivity contribution in [2.45, 2.75) is 19.4 Å². The molecule has 0 saturated carbocycles. The molecule has 1 aliphatic heterocycles. The van der Waals surface area contributed by atoms with Gasteiger partial charge in [0.05, 0.1) is 6.04 Å². The molecular weight excluding hydrogens is 321 g/mol. The first-order valence-corrected chi connectivity index (χ1v) is 8.27. The van der Waals surface area contributed by atoms with Gasteiger partial charge in [0.15, 0.2) is 0 Å². The predicted octanol–water partition coefficient (Wildman–Crippen LogP) is 3.65. The minimum atomic E-state index is -0.148. The van der Waals surface area contributed by atoms with Crippen LogP contribution in [0.4, 0.5) is 4.79 Å². The molecule has 22 heavy (non-hydrogen) atoms. The highest BCUT2D eigenvalue weighted by Crippen LogP contribution is 2.26. The lowest BCUT2D eigenvalue weighted by Crippen LogP contribution is -2.40. The van der Waals surface area contributed by atoms with Gasteiger partial charge in [0.25, 0.3) is 0 Å². The van der Waals surface area contributed by atoms with Gasteiger partial charge in [-0.15, -0.1) is 0 Å². The third-order valence-electron chi connectivity index (χ3n) is 3.97. The largest absolute Gasteiger partial charge is 0.331 e. The van der Waals surface area contributed by atoms with Crippen molar-refractivity contribution < 1.29 is 4.79 Å². The van der Waals surface area contributed by atoms with Crippen molar-refractivity contribution in [2.75, 3.05) is 33.7 Å². The van der Waals surface area contributed by atoms with Crippen molar-refractivity contribution >= 4 is 29.2 Å². The molecule has 0 bridgehead atoms. The molecule has 1 saturated heterocycles. The zero-order valence-electron chi connectivity index (χ0n) is 13.3. The van der Waals surface area contributed by atoms with Crippen molar-refractivity contribution in [3.05, 3.63) is 33.8 Å². The minimum Gasteiger partial charge on any atom is -0.331 e. The topological polar surface area (TPSA) is 35.6 Å². The first-order valence-electron chi connectivity index (χ1n) is 7.52. The van der Waals surface area contributed by atoms with Gasteiger partial charge in [-0.3, -0.25) is 0 Å². The summed E-state index contributed by atoms with van der Waals surface area (Å²) >= 11 is 12.1. The number of hydrogen-bond acceptors (Lipinski definition) is 2. The van der Waals surface area contributed by atoms with E-state index in [-0.39, 0.29) is 12.1 Å². The number of nitrogens with zero attached hydrogens (tertiary/aromatic N) is 2. The Morgan fingerprint density at radius 2 is 2.18 bits per heavy atom. The zero-order chi connectivity index (χ0) is 16.3. The summed E-state index contributed by atoms with van der Waals surface area (Å²) in [4.78, 5) is 16.4. The third kappa shape index (κ3) is 4.51. The third-order valence-corrected chi connectivity index (χ3v) is 4.53. The number of nitrogens with one attached hydrogen (secondary N) is 1. The standard InChI is InChI=1S/C16H23Cl2N3O/c1-11(14-5-4-13(17)8-15(14)18)19-16(22)21-7-6-12(10-21)9-20(2)3/h4-5,8,11-12H,6-7,9-10H2,1-3H3,(H,19,22)/t11-,12+/m0/s1. The second-order valence-corrected chi connectivity index (χ2v) is 7.04. The fraction of sp³-hybridized carbons (Fsp3) is 0.562. The average Bonchev–Trinajstić information content (AvgIpc) is 2.86. The fourth-order valence-corrected chi connectivity index (χ4v) is 3.46. The van der Waals surface area contributed by atoms with Crippen LogP contribution in [0.5, 0.6) is 0 Å². The van der Waals surface area contributed by atoms with Crippen molar-refractivity contribution in [2.24, 2.45) is 5.92 Å². The highest BCUT2D eigenvalue weighted by atomic mass is 35.5. The number of rotatable bonds is 4. The number of hydrogen-bond donors (Lipinski definition) is 1. The average molecular weight is 344 g/mol. The molecule has 2 atom stereocenters. The lowest BCUT2D eigenvalue weighted by atomic mass is 10.1. The highest BCUT2D eigenvalue weighted by Gasteiger charge is 2.27. The number of urea groups is 1. The molecule has 1 aliphatic rings. The summed E-state index contributed by atoms with van der Waals surface area (Å²) in [5, 5.41) is 4.19. The van der Waals surface area contributed by atoms with Crippen molar-refractivity contribution in [3.63, 3.8) is 0 Å². The molecule has 1 aromatic rings. The van der Waals surface area contributed by atoms with E-state index in [1.807, 2.05) is 17.9 Å². The Balaban J connectivity index is 1.92. The van der Waals surface area contributed by atoms with Gasteiger partial charge in [-0.1, -0.05) is 29.3 Å². The van der Waals surface area contributed by atoms with Gasteiger partial charge in [-0.2, -0.15) is 0 Å². The van der Waals surface area contributed by atoms with E-state index >= 15 is 0 Å². The Bertz CT molecular complexity index is 536. The van der Waals surface area contributed by atoms with Crippen LogP contribution in [0.15, 0.2) is 18.2 Å². The molecule has 1 aromatic carbocycles. The van der Waals surface area contributed by atoms with E-state index in [9.17, 15) is 4.79 Å². The number of carbonyl (C=O) groups is 1. The molecular formula is C16H23Cl2N3O. The summed E-state index contributed by atoms with van der Waals surface area (Å²) in [7, 11) is 4.13. The summed E-state index contributed by atoms with van der Waals surface area (Å²) in [6, 6.07) is 5.16. The van der Waals surface area contributed by atoms with Crippen LogP contribution in [0, 0.1) is 5.92 Å². The number of amides is 2. The van der Waals surface area contributed by atoms with Gasteiger partial charge in [0, 0.05) is 29.7 Å². The van der Waals surface area contributed by atoms with E-state index in [2.05, 4.69) is 24.3 Å². The molecule has 2 amide bonds. The molecule has 0 aliphatic carbocycles. The summed E-state index contributed by atoms with van der Waals surface area (Å²) in [6.45, 7) is 4.57. The normalized spacial score (nSPS) is 19.5. The summed E-state index contributed by atoms with van der Waals surface area (Å²) in [5.41, 5.74) is 0.878. The predicted molar refractivity (Wildman–Crippen MR) is 91.6 cm³/mol. The molecule has 1 heterocycles. The molecule has 1 N–H and O–H groups in total. The van der Waals surface area contributed by atoms with Crippen molar-refractivity contribution in [1.82, 2.24) is 15.1 Å². The van der Waals surface area contributed by atoms with Crippen LogP contribution in [0.1, 0.15) is 24.9 Å². The molecule has 0 spiro atoms. The van der Waals surface area contributed by atoms with Gasteiger partial charge < -0.3 is 15.1 Å². The van der Waals surface area contributed by atoms with E-state index in [1.165, 1.54) is 0 Å². The molecule has 4 nitrogen and oxygen atoms in total. The van der Waals surface area contributed by atoms with Crippen molar-refractivity contribution in [1.29, 1.82) is 0 Å². The highest BCUT2D eigenvalue weighted by molar-refractivity contribution is 6.35. The lowest BCUT2D eigenvalue weighted by Gasteiger charge is -2.22. The van der Waals surface area contributed by atoms with Gasteiger partial charge in [0.2, 0.25) is 0 Å². The van der Waals surface area contributed by atoms with Gasteiger partial charge >= 0.3 is 6.03 Å². The maximum atomic E-state index is 12.4. The monoisotopic (exact) mass is 343 g/mol. The maximum absolute atomic E-state index is 12.4. The van der Waals surface area contributed by atoms with E-state index in [0.29, 0.717) is 16.0 Å². The molecule has 2 rings (SSSR count). The quantitative estimate of drug-likeness (QED) is 0.905. The van der Waals surface area contributed by atoms with E-state index in [4.69, 9.17) is 23.2 Å². The minimum absolute atomic E-state index is 0.0280. The Morgan fingerprint density at radius 1 is 1.45 bits per heavy atom. The van der Waals surface area contributed by atoms with Crippen LogP contribution in [0.3, 0.4) is 0 Å². The second-order valence-electron chi connectivity index (χ2n) is 6.20. The summed E-state index contributed by atoms with van der Waals surface area (Å²) in [6.07, 6.45) is 1.06. The molecule has 0 radical (unpaired) electrons. The van der Waals surface area contributed by atoms with Crippen LogP contribution in [-0.2, 0) is 0 Å². The van der Waals surface area contributed by atoms with E-state index < -0.39 is 0 Å². The SMILES string of the molecule is C[C@H](NC(=O)N1CC[C@H](CN(C)C)C1)c1ccc(Cl)cc1Cl. The second kappa shape index (κ2) is 7.53. The number of halogens is 2. The molecule has 6 heteroatoms. The van der Waals surface area contributed by atoms with Crippen LogP contribution in [0.25, 0.3) is 0 Å². The van der Waals surface area contributed by atoms with Crippen LogP contribution >= 0.6 is 23.2 Å². The molecule has 1 fully saturated rings.